The molecule has 2 aromatic heterocycles. The first-order valence-electron chi connectivity index (χ1n) is 10.1. The second-order valence-corrected chi connectivity index (χ2v) is 7.40. The number of ether oxygens (including phenoxy) is 1. The molecule has 1 saturated heterocycles. The summed E-state index contributed by atoms with van der Waals surface area (Å²) in [5, 5.41) is 11.8. The van der Waals surface area contributed by atoms with Crippen molar-refractivity contribution in [2.45, 2.75) is 26.3 Å². The van der Waals surface area contributed by atoms with Gasteiger partial charge in [0.2, 0.25) is 5.91 Å². The van der Waals surface area contributed by atoms with Crippen molar-refractivity contribution < 1.29 is 14.1 Å². The second-order valence-electron chi connectivity index (χ2n) is 7.40. The standard InChI is InChI=1S/C21H25N5O4/c1-14-18-19(15-5-7-16(29-2)8-6-15)23-26(21(28)20(18)24-30-14)13-17(27)22-9-12-25-10-3-4-11-25/h5-8H,3-4,9-13H2,1-2H3,(H,22,27). The number of rotatable bonds is 7. The van der Waals surface area contributed by atoms with Crippen LogP contribution in [0.3, 0.4) is 0 Å². The predicted molar refractivity (Wildman–Crippen MR) is 111 cm³/mol. The van der Waals surface area contributed by atoms with Gasteiger partial charge in [0.25, 0.3) is 5.56 Å². The number of nitrogens with one attached hydrogen (secondary N) is 1. The molecule has 3 heterocycles. The molecule has 0 bridgehead atoms. The molecule has 1 aromatic carbocycles. The number of benzene rings is 1. The largest absolute Gasteiger partial charge is 0.497 e. The lowest BCUT2D eigenvalue weighted by atomic mass is 10.1. The van der Waals surface area contributed by atoms with Crippen LogP contribution in [0.15, 0.2) is 33.6 Å². The summed E-state index contributed by atoms with van der Waals surface area (Å²) in [5.74, 6) is 0.953. The molecule has 1 aliphatic heterocycles. The van der Waals surface area contributed by atoms with Crippen molar-refractivity contribution in [1.82, 2.24) is 25.2 Å². The van der Waals surface area contributed by atoms with Crippen LogP contribution in [0, 0.1) is 6.92 Å². The highest BCUT2D eigenvalue weighted by molar-refractivity contribution is 5.93. The molecule has 9 heteroatoms. The van der Waals surface area contributed by atoms with Crippen molar-refractivity contribution in [3.63, 3.8) is 0 Å². The van der Waals surface area contributed by atoms with Crippen LogP contribution >= 0.6 is 0 Å². The van der Waals surface area contributed by atoms with Gasteiger partial charge in [0.15, 0.2) is 5.52 Å². The van der Waals surface area contributed by atoms with E-state index in [9.17, 15) is 9.59 Å². The molecule has 30 heavy (non-hydrogen) atoms. The third kappa shape index (κ3) is 4.06. The third-order valence-corrected chi connectivity index (χ3v) is 5.36. The highest BCUT2D eigenvalue weighted by Crippen LogP contribution is 2.28. The summed E-state index contributed by atoms with van der Waals surface area (Å²) in [6.07, 6.45) is 2.41. The van der Waals surface area contributed by atoms with E-state index in [0.717, 1.165) is 29.9 Å². The zero-order valence-corrected chi connectivity index (χ0v) is 17.2. The van der Waals surface area contributed by atoms with Gasteiger partial charge >= 0.3 is 0 Å². The number of amides is 1. The molecule has 0 radical (unpaired) electrons. The number of carbonyl (C=O) groups excluding carboxylic acids is 1. The fourth-order valence-corrected chi connectivity index (χ4v) is 3.75. The minimum absolute atomic E-state index is 0.165. The van der Waals surface area contributed by atoms with Crippen LogP contribution in [0.4, 0.5) is 0 Å². The van der Waals surface area contributed by atoms with E-state index in [4.69, 9.17) is 9.26 Å². The molecule has 158 valence electrons. The first-order valence-corrected chi connectivity index (χ1v) is 10.1. The molecular weight excluding hydrogens is 386 g/mol. The summed E-state index contributed by atoms with van der Waals surface area (Å²) in [6.45, 7) is 5.06. The highest BCUT2D eigenvalue weighted by atomic mass is 16.5. The molecule has 4 rings (SSSR count). The van der Waals surface area contributed by atoms with E-state index >= 15 is 0 Å². The minimum Gasteiger partial charge on any atom is -0.497 e. The SMILES string of the molecule is COc1ccc(-c2nn(CC(=O)NCCN3CCCC3)c(=O)c3noc(C)c23)cc1. The van der Waals surface area contributed by atoms with Crippen molar-refractivity contribution in [2.24, 2.45) is 0 Å². The number of hydrogen-bond donors (Lipinski definition) is 1. The van der Waals surface area contributed by atoms with Crippen LogP contribution in [0.25, 0.3) is 22.2 Å². The minimum atomic E-state index is -0.450. The van der Waals surface area contributed by atoms with E-state index in [2.05, 4.69) is 20.5 Å². The fraction of sp³-hybridized carbons (Fsp3) is 0.429. The molecule has 0 spiro atoms. The predicted octanol–water partition coefficient (Wildman–Crippen LogP) is 1.58. The molecule has 1 fully saturated rings. The quantitative estimate of drug-likeness (QED) is 0.630. The van der Waals surface area contributed by atoms with Crippen LogP contribution in [0.5, 0.6) is 5.75 Å². The Hall–Kier alpha value is -3.20. The van der Waals surface area contributed by atoms with Gasteiger partial charge in [-0.1, -0.05) is 5.16 Å². The van der Waals surface area contributed by atoms with E-state index in [0.29, 0.717) is 29.1 Å². The third-order valence-electron chi connectivity index (χ3n) is 5.36. The van der Waals surface area contributed by atoms with Gasteiger partial charge in [0.05, 0.1) is 12.5 Å². The fourth-order valence-electron chi connectivity index (χ4n) is 3.75. The maximum Gasteiger partial charge on any atom is 0.297 e. The van der Waals surface area contributed by atoms with Crippen LogP contribution in [-0.4, -0.2) is 59.0 Å². The van der Waals surface area contributed by atoms with Gasteiger partial charge in [-0.15, -0.1) is 0 Å². The van der Waals surface area contributed by atoms with E-state index in [-0.39, 0.29) is 18.0 Å². The lowest BCUT2D eigenvalue weighted by Gasteiger charge is -2.15. The van der Waals surface area contributed by atoms with Crippen molar-refractivity contribution in [3.05, 3.63) is 40.4 Å². The molecule has 0 atom stereocenters. The van der Waals surface area contributed by atoms with Gasteiger partial charge in [-0.25, -0.2) is 4.68 Å². The lowest BCUT2D eigenvalue weighted by Crippen LogP contribution is -2.38. The zero-order valence-electron chi connectivity index (χ0n) is 17.2. The van der Waals surface area contributed by atoms with E-state index < -0.39 is 5.56 Å². The molecule has 1 N–H and O–H groups in total. The second kappa shape index (κ2) is 8.66. The van der Waals surface area contributed by atoms with Crippen molar-refractivity contribution in [1.29, 1.82) is 0 Å². The monoisotopic (exact) mass is 411 g/mol. The number of methoxy groups -OCH3 is 1. The summed E-state index contributed by atoms with van der Waals surface area (Å²) < 4.78 is 11.6. The highest BCUT2D eigenvalue weighted by Gasteiger charge is 2.20. The van der Waals surface area contributed by atoms with Gasteiger partial charge in [-0.2, -0.15) is 5.10 Å². The Morgan fingerprint density at radius 2 is 1.97 bits per heavy atom. The van der Waals surface area contributed by atoms with Crippen LogP contribution < -0.4 is 15.6 Å². The Morgan fingerprint density at radius 1 is 1.23 bits per heavy atom. The van der Waals surface area contributed by atoms with Crippen molar-refractivity contribution in [2.75, 3.05) is 33.3 Å². The molecule has 0 unspecified atom stereocenters. The van der Waals surface area contributed by atoms with Crippen molar-refractivity contribution >= 4 is 16.8 Å². The summed E-state index contributed by atoms with van der Waals surface area (Å²) in [6, 6.07) is 7.31. The van der Waals surface area contributed by atoms with Crippen LogP contribution in [-0.2, 0) is 11.3 Å². The summed E-state index contributed by atoms with van der Waals surface area (Å²) in [7, 11) is 1.60. The number of fused-ring (bicyclic) bond motifs is 1. The summed E-state index contributed by atoms with van der Waals surface area (Å²) in [4.78, 5) is 27.6. The first kappa shape index (κ1) is 20.1. The smallest absolute Gasteiger partial charge is 0.297 e. The summed E-state index contributed by atoms with van der Waals surface area (Å²) >= 11 is 0. The molecule has 1 amide bonds. The maximum atomic E-state index is 12.8. The number of aromatic nitrogens is 3. The first-order chi connectivity index (χ1) is 14.6. The molecule has 1 aliphatic rings. The Bertz CT molecular complexity index is 1100. The number of hydrogen-bond acceptors (Lipinski definition) is 7. The van der Waals surface area contributed by atoms with Gasteiger partial charge in [0, 0.05) is 18.7 Å². The molecular formula is C21H25N5O4. The summed E-state index contributed by atoms with van der Waals surface area (Å²) in [5.41, 5.74) is 1.03. The number of nitrogens with zero attached hydrogens (tertiary/aromatic N) is 4. The van der Waals surface area contributed by atoms with Crippen LogP contribution in [0.1, 0.15) is 18.6 Å². The molecule has 3 aromatic rings. The van der Waals surface area contributed by atoms with Gasteiger partial charge in [-0.05, 0) is 57.1 Å². The van der Waals surface area contributed by atoms with E-state index in [1.807, 2.05) is 24.3 Å². The topological polar surface area (TPSA) is 102 Å². The normalized spacial score (nSPS) is 14.3. The van der Waals surface area contributed by atoms with Gasteiger partial charge in [0.1, 0.15) is 23.7 Å². The zero-order chi connectivity index (χ0) is 21.1. The number of aryl methyl sites for hydroxylation is 1. The lowest BCUT2D eigenvalue weighted by molar-refractivity contribution is -0.121. The average molecular weight is 411 g/mol. The van der Waals surface area contributed by atoms with Gasteiger partial charge < -0.3 is 19.5 Å². The molecule has 0 saturated carbocycles. The Balaban J connectivity index is 1.59. The Labute approximate surface area is 173 Å². The average Bonchev–Trinajstić information content (AvgIpc) is 3.40. The molecule has 0 aliphatic carbocycles. The van der Waals surface area contributed by atoms with Crippen LogP contribution in [0.2, 0.25) is 0 Å². The van der Waals surface area contributed by atoms with Gasteiger partial charge in [-0.3, -0.25) is 9.59 Å². The van der Waals surface area contributed by atoms with E-state index in [1.165, 1.54) is 12.8 Å². The Morgan fingerprint density at radius 3 is 2.67 bits per heavy atom. The maximum absolute atomic E-state index is 12.8. The van der Waals surface area contributed by atoms with E-state index in [1.54, 1.807) is 14.0 Å². The number of likely N-dealkylation sites (tertiary alicyclic amines) is 1. The Kier molecular flexibility index (Phi) is 5.80. The molecule has 9 nitrogen and oxygen atoms in total. The van der Waals surface area contributed by atoms with Crippen molar-refractivity contribution in [3.8, 4) is 17.0 Å². The number of carbonyl (C=O) groups is 1.